The predicted octanol–water partition coefficient (Wildman–Crippen LogP) is 3.47. The molecular formula is C23H31N5O. The Balaban J connectivity index is 1.51. The summed E-state index contributed by atoms with van der Waals surface area (Å²) in [5.74, 6) is 1.35. The molecule has 154 valence electrons. The fourth-order valence-electron chi connectivity index (χ4n) is 3.36. The summed E-state index contributed by atoms with van der Waals surface area (Å²) < 4.78 is 0. The van der Waals surface area contributed by atoms with Crippen molar-refractivity contribution in [2.45, 2.75) is 26.7 Å². The third kappa shape index (κ3) is 6.39. The first-order valence-electron chi connectivity index (χ1n) is 10.5. The van der Waals surface area contributed by atoms with E-state index in [0.717, 1.165) is 57.9 Å². The maximum atomic E-state index is 12.9. The average molecular weight is 394 g/mol. The van der Waals surface area contributed by atoms with Crippen LogP contribution in [0, 0.1) is 6.92 Å². The Morgan fingerprint density at radius 2 is 1.90 bits per heavy atom. The number of nitrogens with zero attached hydrogens (tertiary/aromatic N) is 4. The molecular weight excluding hydrogens is 362 g/mol. The van der Waals surface area contributed by atoms with Crippen molar-refractivity contribution in [3.63, 3.8) is 0 Å². The Bertz CT molecular complexity index is 813. The third-order valence-electron chi connectivity index (χ3n) is 5.03. The first kappa shape index (κ1) is 21.0. The van der Waals surface area contributed by atoms with Gasteiger partial charge in [0.1, 0.15) is 17.3 Å². The van der Waals surface area contributed by atoms with E-state index in [-0.39, 0.29) is 5.91 Å². The lowest BCUT2D eigenvalue weighted by Gasteiger charge is -2.34. The highest BCUT2D eigenvalue weighted by Gasteiger charge is 2.23. The second-order valence-corrected chi connectivity index (χ2v) is 7.37. The zero-order valence-corrected chi connectivity index (χ0v) is 17.5. The van der Waals surface area contributed by atoms with Crippen LogP contribution in [0.5, 0.6) is 0 Å². The number of aromatic nitrogens is 2. The zero-order chi connectivity index (χ0) is 20.5. The lowest BCUT2D eigenvalue weighted by molar-refractivity contribution is 0.0644. The third-order valence-corrected chi connectivity index (χ3v) is 5.03. The van der Waals surface area contributed by atoms with Crippen LogP contribution in [0.4, 0.5) is 5.82 Å². The number of nitrogens with one attached hydrogen (secondary N) is 1. The van der Waals surface area contributed by atoms with Crippen LogP contribution >= 0.6 is 0 Å². The van der Waals surface area contributed by atoms with Gasteiger partial charge in [0.05, 0.1) is 0 Å². The number of carbonyl (C=O) groups excluding carboxylic acids is 1. The summed E-state index contributed by atoms with van der Waals surface area (Å²) in [5, 5.41) is 3.29. The molecule has 0 aliphatic carbocycles. The number of hydrogen-bond acceptors (Lipinski definition) is 5. The monoisotopic (exact) mass is 393 g/mol. The number of unbranched alkanes of at least 4 members (excludes halogenated alkanes) is 1. The molecule has 1 amide bonds. The maximum Gasteiger partial charge on any atom is 0.272 e. The Morgan fingerprint density at radius 3 is 2.62 bits per heavy atom. The highest BCUT2D eigenvalue weighted by molar-refractivity contribution is 5.93. The Hall–Kier alpha value is -2.73. The van der Waals surface area contributed by atoms with Gasteiger partial charge in [0.2, 0.25) is 0 Å². The van der Waals surface area contributed by atoms with Gasteiger partial charge in [0, 0.05) is 45.3 Å². The first-order chi connectivity index (χ1) is 14.2. The van der Waals surface area contributed by atoms with Crippen LogP contribution in [-0.4, -0.2) is 64.9 Å². The fourth-order valence-corrected chi connectivity index (χ4v) is 3.36. The zero-order valence-electron chi connectivity index (χ0n) is 17.5. The summed E-state index contributed by atoms with van der Waals surface area (Å²) in [6.45, 7) is 8.93. The number of rotatable bonds is 8. The van der Waals surface area contributed by atoms with E-state index in [2.05, 4.69) is 51.4 Å². The van der Waals surface area contributed by atoms with E-state index in [0.29, 0.717) is 11.5 Å². The number of amides is 1. The highest BCUT2D eigenvalue weighted by Crippen LogP contribution is 2.12. The molecule has 3 rings (SSSR count). The summed E-state index contributed by atoms with van der Waals surface area (Å²) in [6.07, 6.45) is 6.53. The number of benzene rings is 1. The van der Waals surface area contributed by atoms with Crippen molar-refractivity contribution in [3.8, 4) is 0 Å². The Labute approximate surface area is 173 Å². The molecule has 1 aliphatic heterocycles. The minimum atomic E-state index is -0.00600. The van der Waals surface area contributed by atoms with Gasteiger partial charge in [-0.2, -0.15) is 0 Å². The largest absolute Gasteiger partial charge is 0.370 e. The standard InChI is InChI=1S/C23H31N5O/c1-3-4-12-24-22-18-21(25-19(2)26-22)23(29)28-16-14-27(15-17-28)13-8-11-20-9-6-5-7-10-20/h5-11,18H,3-4,12-17H2,1-2H3,(H,24,25,26)/b11-8+. The molecule has 6 heteroatoms. The van der Waals surface area contributed by atoms with Crippen molar-refractivity contribution in [1.29, 1.82) is 0 Å². The van der Waals surface area contributed by atoms with Crippen LogP contribution in [0.25, 0.3) is 6.08 Å². The van der Waals surface area contributed by atoms with Crippen molar-refractivity contribution >= 4 is 17.8 Å². The van der Waals surface area contributed by atoms with Crippen LogP contribution in [0.3, 0.4) is 0 Å². The number of aryl methyl sites for hydroxylation is 1. The average Bonchev–Trinajstić information content (AvgIpc) is 2.74. The summed E-state index contributed by atoms with van der Waals surface area (Å²) >= 11 is 0. The second kappa shape index (κ2) is 10.7. The van der Waals surface area contributed by atoms with Gasteiger partial charge in [0.25, 0.3) is 5.91 Å². The molecule has 2 aromatic rings. The molecule has 1 aromatic carbocycles. The topological polar surface area (TPSA) is 61.4 Å². The van der Waals surface area contributed by atoms with Crippen molar-refractivity contribution in [2.75, 3.05) is 44.6 Å². The van der Waals surface area contributed by atoms with E-state index in [4.69, 9.17) is 0 Å². The van der Waals surface area contributed by atoms with Gasteiger partial charge in [-0.3, -0.25) is 9.69 Å². The Morgan fingerprint density at radius 1 is 1.14 bits per heavy atom. The number of carbonyl (C=O) groups is 1. The predicted molar refractivity (Wildman–Crippen MR) is 118 cm³/mol. The van der Waals surface area contributed by atoms with Crippen molar-refractivity contribution < 1.29 is 4.79 Å². The van der Waals surface area contributed by atoms with E-state index >= 15 is 0 Å². The minimum absolute atomic E-state index is 0.00600. The fraction of sp³-hybridized carbons (Fsp3) is 0.435. The second-order valence-electron chi connectivity index (χ2n) is 7.37. The maximum absolute atomic E-state index is 12.9. The van der Waals surface area contributed by atoms with Gasteiger partial charge in [-0.15, -0.1) is 0 Å². The van der Waals surface area contributed by atoms with Crippen molar-refractivity contribution in [1.82, 2.24) is 19.8 Å². The lowest BCUT2D eigenvalue weighted by atomic mass is 10.2. The molecule has 0 atom stereocenters. The first-order valence-corrected chi connectivity index (χ1v) is 10.5. The molecule has 1 aliphatic rings. The van der Waals surface area contributed by atoms with E-state index < -0.39 is 0 Å². The number of hydrogen-bond donors (Lipinski definition) is 1. The minimum Gasteiger partial charge on any atom is -0.370 e. The van der Waals surface area contributed by atoms with Crippen LogP contribution in [-0.2, 0) is 0 Å². The lowest BCUT2D eigenvalue weighted by Crippen LogP contribution is -2.48. The molecule has 2 heterocycles. The van der Waals surface area contributed by atoms with Gasteiger partial charge in [0.15, 0.2) is 0 Å². The van der Waals surface area contributed by atoms with E-state index in [9.17, 15) is 4.79 Å². The molecule has 0 saturated carbocycles. The normalized spacial score (nSPS) is 15.0. The number of piperazine rings is 1. The molecule has 1 N–H and O–H groups in total. The van der Waals surface area contributed by atoms with Gasteiger partial charge in [-0.05, 0) is 18.9 Å². The van der Waals surface area contributed by atoms with Crippen molar-refractivity contribution in [2.24, 2.45) is 0 Å². The molecule has 1 aromatic heterocycles. The smallest absolute Gasteiger partial charge is 0.272 e. The summed E-state index contributed by atoms with van der Waals surface area (Å²) in [5.41, 5.74) is 1.69. The molecule has 0 spiro atoms. The van der Waals surface area contributed by atoms with E-state index in [1.54, 1.807) is 6.07 Å². The van der Waals surface area contributed by atoms with Gasteiger partial charge in [-0.1, -0.05) is 55.8 Å². The van der Waals surface area contributed by atoms with Crippen LogP contribution in [0.1, 0.15) is 41.6 Å². The van der Waals surface area contributed by atoms with Crippen LogP contribution in [0.2, 0.25) is 0 Å². The molecule has 0 unspecified atom stereocenters. The summed E-state index contributed by atoms with van der Waals surface area (Å²) in [6, 6.07) is 12.1. The Kier molecular flexibility index (Phi) is 7.76. The summed E-state index contributed by atoms with van der Waals surface area (Å²) in [7, 11) is 0. The SMILES string of the molecule is CCCCNc1cc(C(=O)N2CCN(C/C=C/c3ccccc3)CC2)nc(C)n1. The number of anilines is 1. The van der Waals surface area contributed by atoms with E-state index in [1.807, 2.05) is 30.0 Å². The van der Waals surface area contributed by atoms with Crippen LogP contribution < -0.4 is 5.32 Å². The van der Waals surface area contributed by atoms with Crippen molar-refractivity contribution in [3.05, 3.63) is 59.6 Å². The van der Waals surface area contributed by atoms with Crippen LogP contribution in [0.15, 0.2) is 42.5 Å². The molecule has 1 saturated heterocycles. The highest BCUT2D eigenvalue weighted by atomic mass is 16.2. The summed E-state index contributed by atoms with van der Waals surface area (Å²) in [4.78, 5) is 25.9. The quantitative estimate of drug-likeness (QED) is 0.696. The molecule has 29 heavy (non-hydrogen) atoms. The molecule has 0 radical (unpaired) electrons. The van der Waals surface area contributed by atoms with Gasteiger partial charge < -0.3 is 10.2 Å². The van der Waals surface area contributed by atoms with Gasteiger partial charge >= 0.3 is 0 Å². The molecule has 1 fully saturated rings. The van der Waals surface area contributed by atoms with Gasteiger partial charge in [-0.25, -0.2) is 9.97 Å². The molecule has 6 nitrogen and oxygen atoms in total. The molecule has 0 bridgehead atoms. The van der Waals surface area contributed by atoms with E-state index in [1.165, 1.54) is 5.56 Å².